The van der Waals surface area contributed by atoms with Crippen molar-refractivity contribution in [3.8, 4) is 0 Å². The Morgan fingerprint density at radius 1 is 1.53 bits per heavy atom. The number of pyridine rings is 1. The van der Waals surface area contributed by atoms with Crippen molar-refractivity contribution in [1.82, 2.24) is 9.38 Å². The number of hydrogen-bond acceptors (Lipinski definition) is 3. The maximum absolute atomic E-state index is 5.93. The third-order valence-corrected chi connectivity index (χ3v) is 3.74. The molecule has 3 N–H and O–H groups in total. The molecule has 0 spiro atoms. The van der Waals surface area contributed by atoms with E-state index in [1.165, 1.54) is 12.8 Å². The number of nitrogens with two attached hydrogens (primary N) is 1. The molecule has 2 aromatic rings. The minimum Gasteiger partial charge on any atom is -0.364 e. The molecule has 90 valence electrons. The largest absolute Gasteiger partial charge is 0.364 e. The van der Waals surface area contributed by atoms with E-state index in [-0.39, 0.29) is 5.54 Å². The monoisotopic (exact) mass is 230 g/mol. The summed E-state index contributed by atoms with van der Waals surface area (Å²) in [5.41, 5.74) is 6.89. The predicted octanol–water partition coefficient (Wildman–Crippen LogP) is 1.87. The number of rotatable bonds is 4. The zero-order valence-corrected chi connectivity index (χ0v) is 10.1. The summed E-state index contributed by atoms with van der Waals surface area (Å²) in [6.45, 7) is 2.86. The lowest BCUT2D eigenvalue weighted by molar-refractivity contribution is 0.457. The summed E-state index contributed by atoms with van der Waals surface area (Å²) >= 11 is 0. The second-order valence-corrected chi connectivity index (χ2v) is 5.09. The van der Waals surface area contributed by atoms with Crippen LogP contribution < -0.4 is 11.1 Å². The van der Waals surface area contributed by atoms with Gasteiger partial charge in [0.05, 0.1) is 5.54 Å². The fraction of sp³-hybridized carbons (Fsp3) is 0.462. The van der Waals surface area contributed by atoms with Gasteiger partial charge in [0, 0.05) is 18.9 Å². The van der Waals surface area contributed by atoms with Gasteiger partial charge in [0.15, 0.2) is 0 Å². The molecule has 3 rings (SSSR count). The van der Waals surface area contributed by atoms with E-state index < -0.39 is 0 Å². The molecule has 1 saturated carbocycles. The van der Waals surface area contributed by atoms with Crippen molar-refractivity contribution in [2.45, 2.75) is 25.3 Å². The van der Waals surface area contributed by atoms with Gasteiger partial charge in [-0.3, -0.25) is 4.40 Å². The molecule has 0 aromatic carbocycles. The molecule has 0 aliphatic heterocycles. The molecule has 4 heteroatoms. The molecule has 1 fully saturated rings. The summed E-state index contributed by atoms with van der Waals surface area (Å²) in [6, 6.07) is 6.10. The van der Waals surface area contributed by atoms with Gasteiger partial charge in [-0.05, 0) is 37.8 Å². The smallest absolute Gasteiger partial charge is 0.138 e. The topological polar surface area (TPSA) is 55.3 Å². The maximum Gasteiger partial charge on any atom is 0.138 e. The number of fused-ring (bicyclic) bond motifs is 1. The van der Waals surface area contributed by atoms with Gasteiger partial charge >= 0.3 is 0 Å². The second-order valence-electron chi connectivity index (χ2n) is 5.09. The van der Waals surface area contributed by atoms with Crippen LogP contribution in [0.4, 0.5) is 5.82 Å². The van der Waals surface area contributed by atoms with Crippen molar-refractivity contribution in [2.24, 2.45) is 11.7 Å². The number of nitrogens with one attached hydrogen (secondary N) is 1. The van der Waals surface area contributed by atoms with Crippen LogP contribution in [0.15, 0.2) is 30.6 Å². The molecule has 2 aromatic heterocycles. The number of imidazole rings is 1. The van der Waals surface area contributed by atoms with E-state index in [0.717, 1.165) is 11.5 Å². The lowest BCUT2D eigenvalue weighted by atomic mass is 9.96. The Morgan fingerprint density at radius 2 is 2.35 bits per heavy atom. The van der Waals surface area contributed by atoms with Crippen molar-refractivity contribution in [2.75, 3.05) is 11.9 Å². The first kappa shape index (κ1) is 10.6. The summed E-state index contributed by atoms with van der Waals surface area (Å²) in [5.74, 6) is 1.77. The standard InChI is InChI=1S/C13H18N4/c1-13(9-14,10-5-6-10)16-12-4-2-3-11-15-7-8-17(11)12/h2-4,7-8,10,16H,5-6,9,14H2,1H3. The van der Waals surface area contributed by atoms with Gasteiger partial charge in [-0.25, -0.2) is 4.98 Å². The van der Waals surface area contributed by atoms with Crippen molar-refractivity contribution in [1.29, 1.82) is 0 Å². The van der Waals surface area contributed by atoms with Crippen LogP contribution in [0.3, 0.4) is 0 Å². The summed E-state index contributed by atoms with van der Waals surface area (Å²) in [4.78, 5) is 4.29. The van der Waals surface area contributed by atoms with E-state index in [0.29, 0.717) is 12.5 Å². The van der Waals surface area contributed by atoms with E-state index in [1.54, 1.807) is 0 Å². The van der Waals surface area contributed by atoms with Crippen LogP contribution >= 0.6 is 0 Å². The van der Waals surface area contributed by atoms with E-state index in [1.807, 2.05) is 24.5 Å². The highest BCUT2D eigenvalue weighted by atomic mass is 15.1. The Labute approximate surface area is 101 Å². The van der Waals surface area contributed by atoms with Crippen molar-refractivity contribution in [3.05, 3.63) is 30.6 Å². The molecule has 1 atom stereocenters. The molecule has 1 aliphatic carbocycles. The summed E-state index contributed by atoms with van der Waals surface area (Å²) in [7, 11) is 0. The van der Waals surface area contributed by atoms with Crippen molar-refractivity contribution < 1.29 is 0 Å². The zero-order valence-electron chi connectivity index (χ0n) is 10.1. The normalized spacial score (nSPS) is 19.2. The third-order valence-electron chi connectivity index (χ3n) is 3.74. The second kappa shape index (κ2) is 3.74. The van der Waals surface area contributed by atoms with Crippen molar-refractivity contribution in [3.63, 3.8) is 0 Å². The number of aromatic nitrogens is 2. The van der Waals surface area contributed by atoms with Gasteiger partial charge in [-0.1, -0.05) is 6.07 Å². The van der Waals surface area contributed by atoms with Gasteiger partial charge in [0.1, 0.15) is 11.5 Å². The van der Waals surface area contributed by atoms with Crippen molar-refractivity contribution >= 4 is 11.5 Å². The molecule has 4 nitrogen and oxygen atoms in total. The van der Waals surface area contributed by atoms with E-state index in [9.17, 15) is 0 Å². The van der Waals surface area contributed by atoms with Gasteiger partial charge in [0.25, 0.3) is 0 Å². The highest BCUT2D eigenvalue weighted by Gasteiger charge is 2.40. The molecule has 1 aliphatic rings. The highest BCUT2D eigenvalue weighted by molar-refractivity contribution is 5.51. The maximum atomic E-state index is 5.93. The fourth-order valence-electron chi connectivity index (χ4n) is 2.38. The average Bonchev–Trinajstić information content (AvgIpc) is 3.09. The zero-order chi connectivity index (χ0) is 11.9. The van der Waals surface area contributed by atoms with E-state index in [2.05, 4.69) is 27.7 Å². The van der Waals surface area contributed by atoms with Crippen LogP contribution in [0.1, 0.15) is 19.8 Å². The van der Waals surface area contributed by atoms with Crippen LogP contribution in [0.2, 0.25) is 0 Å². The molecule has 0 bridgehead atoms. The minimum absolute atomic E-state index is 0.00144. The van der Waals surface area contributed by atoms with Crippen LogP contribution in [0, 0.1) is 5.92 Å². The molecular formula is C13H18N4. The van der Waals surface area contributed by atoms with Gasteiger partial charge in [0.2, 0.25) is 0 Å². The van der Waals surface area contributed by atoms with Gasteiger partial charge < -0.3 is 11.1 Å². The summed E-state index contributed by atoms with van der Waals surface area (Å²) in [6.07, 6.45) is 6.35. The van der Waals surface area contributed by atoms with Crippen LogP contribution in [0.25, 0.3) is 5.65 Å². The van der Waals surface area contributed by atoms with E-state index >= 15 is 0 Å². The molecule has 0 amide bonds. The molecule has 2 heterocycles. The summed E-state index contributed by atoms with van der Waals surface area (Å²) in [5, 5.41) is 3.59. The first-order chi connectivity index (χ1) is 8.23. The van der Waals surface area contributed by atoms with Crippen LogP contribution in [0.5, 0.6) is 0 Å². The summed E-state index contributed by atoms with van der Waals surface area (Å²) < 4.78 is 2.07. The highest BCUT2D eigenvalue weighted by Crippen LogP contribution is 2.40. The van der Waals surface area contributed by atoms with E-state index in [4.69, 9.17) is 5.73 Å². The Hall–Kier alpha value is -1.55. The molecule has 1 unspecified atom stereocenters. The number of anilines is 1. The Kier molecular flexibility index (Phi) is 2.33. The molecule has 0 radical (unpaired) electrons. The number of nitrogens with zero attached hydrogens (tertiary/aromatic N) is 2. The van der Waals surface area contributed by atoms with Gasteiger partial charge in [-0.15, -0.1) is 0 Å². The fourth-order valence-corrected chi connectivity index (χ4v) is 2.38. The first-order valence-corrected chi connectivity index (χ1v) is 6.13. The SMILES string of the molecule is CC(CN)(Nc1cccc2nccn12)C1CC1. The Morgan fingerprint density at radius 3 is 3.06 bits per heavy atom. The van der Waals surface area contributed by atoms with Crippen LogP contribution in [-0.4, -0.2) is 21.5 Å². The Balaban J connectivity index is 1.96. The van der Waals surface area contributed by atoms with Crippen LogP contribution in [-0.2, 0) is 0 Å². The Bertz CT molecular complexity index is 529. The molecular weight excluding hydrogens is 212 g/mol. The first-order valence-electron chi connectivity index (χ1n) is 6.13. The minimum atomic E-state index is -0.00144. The predicted molar refractivity (Wildman–Crippen MR) is 69.0 cm³/mol. The average molecular weight is 230 g/mol. The third kappa shape index (κ3) is 1.78. The lowest BCUT2D eigenvalue weighted by Crippen LogP contribution is -2.45. The number of hydrogen-bond donors (Lipinski definition) is 2. The lowest BCUT2D eigenvalue weighted by Gasteiger charge is -2.31. The quantitative estimate of drug-likeness (QED) is 0.843. The molecule has 0 saturated heterocycles. The van der Waals surface area contributed by atoms with Gasteiger partial charge in [-0.2, -0.15) is 0 Å². The molecule has 17 heavy (non-hydrogen) atoms.